The standard InChI is InChI=1S/C14H15N3O4/c1-20-11-5-10(6-12(7-11)21-2)16-13(18)8-17-9-15-4-3-14(17)19/h3-7,9H,8H2,1-2H3,(H,16,18). The third kappa shape index (κ3) is 3.82. The summed E-state index contributed by atoms with van der Waals surface area (Å²) in [5.74, 6) is 0.770. The van der Waals surface area contributed by atoms with Crippen molar-refractivity contribution < 1.29 is 14.3 Å². The number of anilines is 1. The predicted molar refractivity (Wildman–Crippen MR) is 76.7 cm³/mol. The smallest absolute Gasteiger partial charge is 0.253 e. The van der Waals surface area contributed by atoms with E-state index in [1.54, 1.807) is 18.2 Å². The van der Waals surface area contributed by atoms with Crippen LogP contribution in [0.15, 0.2) is 41.6 Å². The number of aromatic nitrogens is 2. The Morgan fingerprint density at radius 3 is 2.48 bits per heavy atom. The lowest BCUT2D eigenvalue weighted by Crippen LogP contribution is -2.27. The Bertz CT molecular complexity index is 674. The second-order valence-electron chi connectivity index (χ2n) is 4.20. The molecule has 1 aromatic heterocycles. The van der Waals surface area contributed by atoms with Gasteiger partial charge in [0.05, 0.1) is 20.5 Å². The molecular formula is C14H15N3O4. The fourth-order valence-corrected chi connectivity index (χ4v) is 1.73. The van der Waals surface area contributed by atoms with Crippen LogP contribution in [0.1, 0.15) is 0 Å². The lowest BCUT2D eigenvalue weighted by atomic mass is 10.2. The van der Waals surface area contributed by atoms with Crippen molar-refractivity contribution in [2.45, 2.75) is 6.54 Å². The third-order valence-corrected chi connectivity index (χ3v) is 2.74. The number of hydrogen-bond acceptors (Lipinski definition) is 5. The van der Waals surface area contributed by atoms with Gasteiger partial charge in [-0.1, -0.05) is 0 Å². The highest BCUT2D eigenvalue weighted by Crippen LogP contribution is 2.25. The number of amides is 1. The van der Waals surface area contributed by atoms with Gasteiger partial charge in [0.25, 0.3) is 5.56 Å². The molecule has 0 saturated carbocycles. The van der Waals surface area contributed by atoms with Crippen LogP contribution in [0.25, 0.3) is 0 Å². The zero-order chi connectivity index (χ0) is 15.2. The molecule has 0 saturated heterocycles. The van der Waals surface area contributed by atoms with Crippen molar-refractivity contribution in [3.05, 3.63) is 47.1 Å². The first-order chi connectivity index (χ1) is 10.1. The van der Waals surface area contributed by atoms with E-state index in [1.807, 2.05) is 0 Å². The number of rotatable bonds is 5. The summed E-state index contributed by atoms with van der Waals surface area (Å²) in [6.45, 7) is -0.119. The Morgan fingerprint density at radius 2 is 1.90 bits per heavy atom. The fraction of sp³-hybridized carbons (Fsp3) is 0.214. The van der Waals surface area contributed by atoms with Gasteiger partial charge in [-0.3, -0.25) is 14.2 Å². The molecule has 7 nitrogen and oxygen atoms in total. The van der Waals surface area contributed by atoms with E-state index in [0.29, 0.717) is 17.2 Å². The molecule has 1 heterocycles. The van der Waals surface area contributed by atoms with Crippen LogP contribution in [0.2, 0.25) is 0 Å². The summed E-state index contributed by atoms with van der Waals surface area (Å²) < 4.78 is 11.5. The summed E-state index contributed by atoms with van der Waals surface area (Å²) in [5, 5.41) is 2.68. The molecule has 0 aliphatic rings. The molecule has 0 radical (unpaired) electrons. The molecule has 0 spiro atoms. The SMILES string of the molecule is COc1cc(NC(=O)Cn2cnccc2=O)cc(OC)c1. The highest BCUT2D eigenvalue weighted by atomic mass is 16.5. The maximum absolute atomic E-state index is 12.0. The molecule has 1 N–H and O–H groups in total. The summed E-state index contributed by atoms with van der Waals surface area (Å²) in [5.41, 5.74) is 0.233. The number of nitrogens with zero attached hydrogens (tertiary/aromatic N) is 2. The summed E-state index contributed by atoms with van der Waals surface area (Å²) in [6, 6.07) is 6.31. The van der Waals surface area contributed by atoms with Gasteiger partial charge in [0.2, 0.25) is 5.91 Å². The lowest BCUT2D eigenvalue weighted by Gasteiger charge is -2.10. The fourth-order valence-electron chi connectivity index (χ4n) is 1.73. The number of carbonyl (C=O) groups excluding carboxylic acids is 1. The average Bonchev–Trinajstić information content (AvgIpc) is 2.49. The molecule has 0 aliphatic heterocycles. The Hall–Kier alpha value is -2.83. The van der Waals surface area contributed by atoms with E-state index >= 15 is 0 Å². The molecule has 1 amide bonds. The average molecular weight is 289 g/mol. The monoisotopic (exact) mass is 289 g/mol. The second kappa shape index (κ2) is 6.56. The van der Waals surface area contributed by atoms with Gasteiger partial charge in [0.15, 0.2) is 0 Å². The van der Waals surface area contributed by atoms with Gasteiger partial charge in [0, 0.05) is 36.1 Å². The van der Waals surface area contributed by atoms with Crippen LogP contribution >= 0.6 is 0 Å². The van der Waals surface area contributed by atoms with Gasteiger partial charge >= 0.3 is 0 Å². The molecule has 0 unspecified atom stereocenters. The van der Waals surface area contributed by atoms with Gasteiger partial charge in [-0.15, -0.1) is 0 Å². The van der Waals surface area contributed by atoms with Crippen molar-refractivity contribution in [2.24, 2.45) is 0 Å². The maximum atomic E-state index is 12.0. The number of methoxy groups -OCH3 is 2. The topological polar surface area (TPSA) is 82.5 Å². The first kappa shape index (κ1) is 14.6. The Labute approximate surface area is 121 Å². The third-order valence-electron chi connectivity index (χ3n) is 2.74. The Balaban J connectivity index is 2.12. The molecular weight excluding hydrogens is 274 g/mol. The molecule has 21 heavy (non-hydrogen) atoms. The highest BCUT2D eigenvalue weighted by molar-refractivity contribution is 5.91. The van der Waals surface area contributed by atoms with E-state index in [-0.39, 0.29) is 18.0 Å². The van der Waals surface area contributed by atoms with Gasteiger partial charge in [-0.25, -0.2) is 4.98 Å². The molecule has 2 aromatic rings. The van der Waals surface area contributed by atoms with Crippen LogP contribution in [0.4, 0.5) is 5.69 Å². The van der Waals surface area contributed by atoms with E-state index in [9.17, 15) is 9.59 Å². The lowest BCUT2D eigenvalue weighted by molar-refractivity contribution is -0.116. The van der Waals surface area contributed by atoms with E-state index < -0.39 is 0 Å². The van der Waals surface area contributed by atoms with Crippen LogP contribution in [0, 0.1) is 0 Å². The Kier molecular flexibility index (Phi) is 4.55. The largest absolute Gasteiger partial charge is 0.497 e. The van der Waals surface area contributed by atoms with E-state index in [2.05, 4.69) is 10.3 Å². The van der Waals surface area contributed by atoms with Gasteiger partial charge in [-0.2, -0.15) is 0 Å². The van der Waals surface area contributed by atoms with Gasteiger partial charge < -0.3 is 14.8 Å². The van der Waals surface area contributed by atoms with Gasteiger partial charge in [0.1, 0.15) is 18.0 Å². The quantitative estimate of drug-likeness (QED) is 0.884. The van der Waals surface area contributed by atoms with Crippen molar-refractivity contribution in [1.82, 2.24) is 9.55 Å². The number of carbonyl (C=O) groups is 1. The first-order valence-corrected chi connectivity index (χ1v) is 6.16. The van der Waals surface area contributed by atoms with Crippen molar-refractivity contribution in [2.75, 3.05) is 19.5 Å². The van der Waals surface area contributed by atoms with Crippen molar-refractivity contribution in [3.63, 3.8) is 0 Å². The number of nitrogens with one attached hydrogen (secondary N) is 1. The van der Waals surface area contributed by atoms with Crippen LogP contribution in [0.3, 0.4) is 0 Å². The number of ether oxygens (including phenoxy) is 2. The number of benzene rings is 1. The van der Waals surface area contributed by atoms with Crippen LogP contribution in [0.5, 0.6) is 11.5 Å². The number of hydrogen-bond donors (Lipinski definition) is 1. The first-order valence-electron chi connectivity index (χ1n) is 6.16. The summed E-state index contributed by atoms with van der Waals surface area (Å²) in [6.07, 6.45) is 2.69. The minimum Gasteiger partial charge on any atom is -0.497 e. The molecule has 2 rings (SSSR count). The van der Waals surface area contributed by atoms with Crippen molar-refractivity contribution >= 4 is 11.6 Å². The second-order valence-corrected chi connectivity index (χ2v) is 4.20. The van der Waals surface area contributed by atoms with Crippen LogP contribution < -0.4 is 20.3 Å². The molecule has 1 aromatic carbocycles. The minimum absolute atomic E-state index is 0.119. The zero-order valence-corrected chi connectivity index (χ0v) is 11.7. The van der Waals surface area contributed by atoms with Crippen molar-refractivity contribution in [1.29, 1.82) is 0 Å². The minimum atomic E-state index is -0.347. The highest BCUT2D eigenvalue weighted by Gasteiger charge is 2.07. The molecule has 0 bridgehead atoms. The van der Waals surface area contributed by atoms with Crippen LogP contribution in [-0.4, -0.2) is 29.7 Å². The van der Waals surface area contributed by atoms with Crippen LogP contribution in [-0.2, 0) is 11.3 Å². The van der Waals surface area contributed by atoms with E-state index in [1.165, 1.54) is 37.4 Å². The van der Waals surface area contributed by atoms with Gasteiger partial charge in [-0.05, 0) is 0 Å². The molecule has 0 aliphatic carbocycles. The summed E-state index contributed by atoms with van der Waals surface area (Å²) in [4.78, 5) is 27.3. The molecule has 0 atom stereocenters. The van der Waals surface area contributed by atoms with Crippen molar-refractivity contribution in [3.8, 4) is 11.5 Å². The zero-order valence-electron chi connectivity index (χ0n) is 11.7. The van der Waals surface area contributed by atoms with E-state index in [4.69, 9.17) is 9.47 Å². The summed E-state index contributed by atoms with van der Waals surface area (Å²) in [7, 11) is 3.05. The predicted octanol–water partition coefficient (Wildman–Crippen LogP) is 0.899. The van der Waals surface area contributed by atoms with E-state index in [0.717, 1.165) is 0 Å². The molecule has 110 valence electrons. The Morgan fingerprint density at radius 1 is 1.24 bits per heavy atom. The molecule has 7 heteroatoms. The normalized spacial score (nSPS) is 10.0. The maximum Gasteiger partial charge on any atom is 0.253 e. The summed E-state index contributed by atoms with van der Waals surface area (Å²) >= 11 is 0. The molecule has 0 fully saturated rings.